The van der Waals surface area contributed by atoms with E-state index in [9.17, 15) is 47.9 Å². The zero-order valence-corrected chi connectivity index (χ0v) is 42.2. The van der Waals surface area contributed by atoms with Crippen molar-refractivity contribution in [3.05, 3.63) is 71.8 Å². The van der Waals surface area contributed by atoms with Crippen molar-refractivity contribution < 1.29 is 71.6 Å². The van der Waals surface area contributed by atoms with Crippen molar-refractivity contribution >= 4 is 60.0 Å². The van der Waals surface area contributed by atoms with Gasteiger partial charge in [0.1, 0.15) is 48.1 Å². The molecular weight excluding hydrogens is 945 g/mol. The van der Waals surface area contributed by atoms with Crippen LogP contribution in [0.3, 0.4) is 0 Å². The lowest BCUT2D eigenvalue weighted by Crippen LogP contribution is -2.58. The van der Waals surface area contributed by atoms with Gasteiger partial charge in [0, 0.05) is 19.4 Å². The van der Waals surface area contributed by atoms with Crippen LogP contribution in [-0.4, -0.2) is 101 Å². The Morgan fingerprint density at radius 2 is 0.792 bits per heavy atom. The van der Waals surface area contributed by atoms with Gasteiger partial charge in [-0.25, -0.2) is 40.3 Å². The number of benzene rings is 2. The lowest BCUT2D eigenvalue weighted by atomic mass is 10.0. The van der Waals surface area contributed by atoms with Crippen molar-refractivity contribution in [1.82, 2.24) is 53.8 Å². The molecule has 10 N–H and O–H groups in total. The topological polar surface area (TPSA) is 337 Å². The zero-order valence-electron chi connectivity index (χ0n) is 42.2. The molecule has 72 heavy (non-hydrogen) atoms. The van der Waals surface area contributed by atoms with Gasteiger partial charge in [-0.15, -0.1) is 0 Å². The third kappa shape index (κ3) is 28.6. The van der Waals surface area contributed by atoms with Gasteiger partial charge in [0.25, 0.3) is 5.91 Å². The molecule has 0 spiro atoms. The molecular formula is C47H70N10O15. The van der Waals surface area contributed by atoms with Crippen LogP contribution >= 0.6 is 0 Å². The summed E-state index contributed by atoms with van der Waals surface area (Å²) in [7, 11) is 0. The normalized spacial score (nSPS) is 12.3. The summed E-state index contributed by atoms with van der Waals surface area (Å²) in [5.41, 5.74) is 11.2. The Morgan fingerprint density at radius 1 is 0.417 bits per heavy atom. The molecule has 2 aromatic carbocycles. The van der Waals surface area contributed by atoms with Crippen LogP contribution in [0.2, 0.25) is 0 Å². The van der Waals surface area contributed by atoms with Crippen molar-refractivity contribution in [2.24, 2.45) is 0 Å². The quantitative estimate of drug-likeness (QED) is 0.0486. The van der Waals surface area contributed by atoms with Crippen molar-refractivity contribution in [3.8, 4) is 0 Å². The zero-order chi connectivity index (χ0) is 53.9. The summed E-state index contributed by atoms with van der Waals surface area (Å²) in [6.45, 7) is 14.3. The molecule has 0 aromatic heterocycles. The summed E-state index contributed by atoms with van der Waals surface area (Å²) in [5.74, 6) is -4.75. The highest BCUT2D eigenvalue weighted by atomic mass is 16.6. The Labute approximate surface area is 418 Å². The van der Waals surface area contributed by atoms with Crippen molar-refractivity contribution in [2.75, 3.05) is 6.54 Å². The Balaban J connectivity index is 2.36. The summed E-state index contributed by atoms with van der Waals surface area (Å²) in [6, 6.07) is 13.0. The first-order valence-corrected chi connectivity index (χ1v) is 23.0. The predicted molar refractivity (Wildman–Crippen MR) is 257 cm³/mol. The highest BCUT2D eigenvalue weighted by molar-refractivity contribution is 5.94. The number of unbranched alkanes of at least 4 members (excludes halogenated alkanes) is 1. The van der Waals surface area contributed by atoms with E-state index in [4.69, 9.17) is 23.7 Å². The number of nitrogens with one attached hydrogen (secondary N) is 10. The third-order valence-electron chi connectivity index (χ3n) is 8.90. The van der Waals surface area contributed by atoms with Crippen LogP contribution in [0.25, 0.3) is 0 Å². The highest BCUT2D eigenvalue weighted by Crippen LogP contribution is 2.11. The second-order valence-electron chi connectivity index (χ2n) is 18.9. The monoisotopic (exact) mass is 1010 g/mol. The van der Waals surface area contributed by atoms with Crippen LogP contribution in [-0.2, 0) is 60.9 Å². The van der Waals surface area contributed by atoms with Gasteiger partial charge in [-0.3, -0.25) is 40.3 Å². The highest BCUT2D eigenvalue weighted by Gasteiger charge is 2.32. The minimum absolute atomic E-state index is 0.0393. The van der Waals surface area contributed by atoms with E-state index >= 15 is 0 Å². The summed E-state index contributed by atoms with van der Waals surface area (Å²) in [5, 5.41) is 10.0. The van der Waals surface area contributed by atoms with Crippen LogP contribution in [0.5, 0.6) is 0 Å². The molecule has 0 fully saturated rings. The molecule has 2 rings (SSSR count). The molecule has 3 atom stereocenters. The van der Waals surface area contributed by atoms with Gasteiger partial charge >= 0.3 is 30.5 Å². The van der Waals surface area contributed by atoms with Crippen molar-refractivity contribution in [2.45, 2.75) is 155 Å². The second kappa shape index (κ2) is 30.0. The molecule has 0 radical (unpaired) electrons. The molecule has 398 valence electrons. The molecule has 0 saturated heterocycles. The number of ether oxygens (including phenoxy) is 5. The number of hydrogen-bond acceptors (Lipinski definition) is 15. The smallest absolute Gasteiger partial charge is 0.426 e. The molecule has 0 aliphatic heterocycles. The molecule has 25 nitrogen and oxygen atoms in total. The van der Waals surface area contributed by atoms with Crippen LogP contribution in [0.1, 0.15) is 118 Å². The minimum atomic E-state index is -1.66. The van der Waals surface area contributed by atoms with Crippen LogP contribution in [0.15, 0.2) is 60.7 Å². The van der Waals surface area contributed by atoms with E-state index in [1.165, 1.54) is 0 Å². The number of rotatable bonds is 21. The van der Waals surface area contributed by atoms with Gasteiger partial charge in [0.2, 0.25) is 23.6 Å². The maximum Gasteiger partial charge on any atom is 0.426 e. The van der Waals surface area contributed by atoms with E-state index < -0.39 is 121 Å². The summed E-state index contributed by atoms with van der Waals surface area (Å²) in [4.78, 5) is 130. The molecule has 0 saturated carbocycles. The molecule has 10 amide bonds. The lowest BCUT2D eigenvalue weighted by molar-refractivity contribution is -0.134. The van der Waals surface area contributed by atoms with Gasteiger partial charge in [-0.2, -0.15) is 0 Å². The summed E-state index contributed by atoms with van der Waals surface area (Å²) in [6.07, 6.45) is -6.28. The maximum absolute atomic E-state index is 14.2. The molecule has 0 bridgehead atoms. The molecule has 25 heteroatoms. The molecule has 0 aliphatic rings. The van der Waals surface area contributed by atoms with E-state index in [0.29, 0.717) is 12.0 Å². The Hall–Kier alpha value is -7.86. The lowest BCUT2D eigenvalue weighted by Gasteiger charge is -2.26. The number of carbonyl (C=O) groups excluding carboxylic acids is 10. The van der Waals surface area contributed by atoms with Gasteiger partial charge in [-0.05, 0) is 106 Å². The Kier molecular flexibility index (Phi) is 25.1. The number of carbonyl (C=O) groups is 10. The van der Waals surface area contributed by atoms with Crippen LogP contribution < -0.4 is 53.8 Å². The molecule has 0 unspecified atom stereocenters. The molecule has 0 aliphatic carbocycles. The molecule has 0 heterocycles. The molecule has 2 aromatic rings. The Morgan fingerprint density at radius 3 is 1.21 bits per heavy atom. The average molecular weight is 1020 g/mol. The third-order valence-corrected chi connectivity index (χ3v) is 8.90. The largest absolute Gasteiger partial charge is 0.445 e. The van der Waals surface area contributed by atoms with Gasteiger partial charge < -0.3 is 45.0 Å². The van der Waals surface area contributed by atoms with Crippen LogP contribution in [0.4, 0.5) is 24.0 Å². The summed E-state index contributed by atoms with van der Waals surface area (Å²) >= 11 is 0. The van der Waals surface area contributed by atoms with Crippen LogP contribution in [0, 0.1) is 0 Å². The number of amides is 10. The van der Waals surface area contributed by atoms with Gasteiger partial charge in [-0.1, -0.05) is 60.7 Å². The second-order valence-corrected chi connectivity index (χ2v) is 18.9. The van der Waals surface area contributed by atoms with Gasteiger partial charge in [0.05, 0.1) is 0 Å². The fourth-order valence-corrected chi connectivity index (χ4v) is 5.72. The first-order valence-electron chi connectivity index (χ1n) is 23.0. The Bertz CT molecular complexity index is 2130. The van der Waals surface area contributed by atoms with E-state index in [2.05, 4.69) is 48.4 Å². The summed E-state index contributed by atoms with van der Waals surface area (Å²) < 4.78 is 25.9. The number of hydrogen-bond donors (Lipinski definition) is 10. The predicted octanol–water partition coefficient (Wildman–Crippen LogP) is 3.58. The van der Waals surface area contributed by atoms with E-state index in [1.54, 1.807) is 117 Å². The van der Waals surface area contributed by atoms with E-state index in [-0.39, 0.29) is 32.6 Å². The number of alkyl carbamates (subject to hydrolysis) is 2. The minimum Gasteiger partial charge on any atom is -0.445 e. The van der Waals surface area contributed by atoms with E-state index in [1.807, 2.05) is 11.5 Å². The first-order chi connectivity index (χ1) is 33.7. The number of hydrazine groups is 3. The van der Waals surface area contributed by atoms with E-state index in [0.717, 1.165) is 5.56 Å². The average Bonchev–Trinajstić information content (AvgIpc) is 3.29. The fourth-order valence-electron chi connectivity index (χ4n) is 5.72. The first kappa shape index (κ1) is 60.3. The van der Waals surface area contributed by atoms with Crippen molar-refractivity contribution in [3.63, 3.8) is 0 Å². The van der Waals surface area contributed by atoms with Gasteiger partial charge in [0.15, 0.2) is 0 Å². The standard InChI is InChI=1S/C47H70N10O15/c1-45(2,3)70-42(65)55-52-35(58)25-23-33(38(61)50-34(39(62)54-57-44(67)72-47(7,8)9)24-26-36(59)53-56-43(66)71-46(4,5)6)49-37(60)32(51-41(64)69-29-31-20-14-11-15-21-31)22-16-17-27-48-40(63)68-28-30-18-12-10-13-19-30/h10-15,18-21,32-34H,16-17,22-29H2,1-9H3,(H,48,63)(H,49,60)(H,50,61)(H,51,64)(H,52,58)(H,53,59)(H,54,62)(H,55,65)(H,56,66)(H,57,67)/t32-,33-,34-/m0/s1. The fraction of sp³-hybridized carbons (Fsp3) is 0.532. The maximum atomic E-state index is 14.2. The van der Waals surface area contributed by atoms with Crippen molar-refractivity contribution in [1.29, 1.82) is 0 Å². The SMILES string of the molecule is CC(C)(C)OC(=O)NNC(=O)CC[C@H](NC(=O)[C@H](CCC(=O)NNC(=O)OC(C)(C)C)NC(=O)[C@H](CCCCNC(=O)OCc1ccccc1)NC(=O)OCc1ccccc1)C(=O)NNC(=O)OC(C)(C)C.